The first kappa shape index (κ1) is 24.4. The van der Waals surface area contributed by atoms with Crippen molar-refractivity contribution in [3.8, 4) is 0 Å². The van der Waals surface area contributed by atoms with Gasteiger partial charge in [0.1, 0.15) is 17.7 Å². The third-order valence-corrected chi connectivity index (χ3v) is 7.30. The summed E-state index contributed by atoms with van der Waals surface area (Å²) in [5, 5.41) is 3.52. The quantitative estimate of drug-likeness (QED) is 0.398. The molecule has 1 N–H and O–H groups in total. The lowest BCUT2D eigenvalue weighted by atomic mass is 9.71. The number of imide groups is 1. The second-order valence-corrected chi connectivity index (χ2v) is 9.42. The Morgan fingerprint density at radius 3 is 1.97 bits per heavy atom. The molecule has 2 fully saturated rings. The van der Waals surface area contributed by atoms with Crippen molar-refractivity contribution >= 4 is 46.7 Å². The highest BCUT2D eigenvalue weighted by molar-refractivity contribution is 6.38. The molecule has 2 saturated heterocycles. The van der Waals surface area contributed by atoms with Gasteiger partial charge in [-0.2, -0.15) is 0 Å². The molecule has 0 bridgehead atoms. The normalized spacial score (nSPS) is 22.6. The number of rotatable bonds is 4. The SMILES string of the molecule is COC(=O)[C@@H]1NC(c2ccc(F)cc2)(c2ccc(F)cc2)[C@H]2C(=O)N(c3ccc(Cl)cc3Cl)C(=O)[C@@H]12. The van der Waals surface area contributed by atoms with Gasteiger partial charge in [-0.1, -0.05) is 47.5 Å². The van der Waals surface area contributed by atoms with E-state index in [-0.39, 0.29) is 10.7 Å². The predicted octanol–water partition coefficient (Wildman–Crippen LogP) is 4.47. The third-order valence-electron chi connectivity index (χ3n) is 6.76. The fourth-order valence-electron chi connectivity index (χ4n) is 5.26. The lowest BCUT2D eigenvalue weighted by Crippen LogP contribution is -2.52. The molecule has 3 aromatic carbocycles. The van der Waals surface area contributed by atoms with Crippen LogP contribution in [-0.4, -0.2) is 30.9 Å². The second kappa shape index (κ2) is 8.96. The molecule has 0 aliphatic carbocycles. The zero-order valence-electron chi connectivity index (χ0n) is 18.7. The number of fused-ring (bicyclic) bond motifs is 1. The third kappa shape index (κ3) is 3.59. The largest absolute Gasteiger partial charge is 0.468 e. The molecule has 36 heavy (non-hydrogen) atoms. The van der Waals surface area contributed by atoms with E-state index < -0.39 is 52.8 Å². The van der Waals surface area contributed by atoms with Gasteiger partial charge in [-0.05, 0) is 53.6 Å². The molecular weight excluding hydrogens is 513 g/mol. The molecule has 2 heterocycles. The van der Waals surface area contributed by atoms with Crippen LogP contribution in [0.4, 0.5) is 14.5 Å². The number of hydrogen-bond acceptors (Lipinski definition) is 5. The monoisotopic (exact) mass is 530 g/mol. The van der Waals surface area contributed by atoms with Gasteiger partial charge in [0.25, 0.3) is 0 Å². The van der Waals surface area contributed by atoms with E-state index in [1.807, 2.05) is 0 Å². The highest BCUT2D eigenvalue weighted by Crippen LogP contribution is 2.53. The van der Waals surface area contributed by atoms with Crippen molar-refractivity contribution in [2.75, 3.05) is 12.0 Å². The molecule has 10 heteroatoms. The van der Waals surface area contributed by atoms with Gasteiger partial charge in [0.05, 0.1) is 35.2 Å². The Morgan fingerprint density at radius 2 is 1.47 bits per heavy atom. The van der Waals surface area contributed by atoms with Gasteiger partial charge < -0.3 is 4.74 Å². The summed E-state index contributed by atoms with van der Waals surface area (Å²) in [6.45, 7) is 0. The van der Waals surface area contributed by atoms with Gasteiger partial charge in [-0.25, -0.2) is 13.7 Å². The molecule has 2 aliphatic rings. The summed E-state index contributed by atoms with van der Waals surface area (Å²) in [5.74, 6) is -5.46. The van der Waals surface area contributed by atoms with Crippen LogP contribution in [0.5, 0.6) is 0 Å². The van der Waals surface area contributed by atoms with E-state index in [0.717, 1.165) is 4.90 Å². The number of nitrogens with one attached hydrogen (secondary N) is 1. The minimum atomic E-state index is -1.49. The average Bonchev–Trinajstić information content (AvgIpc) is 3.34. The highest BCUT2D eigenvalue weighted by Gasteiger charge is 2.68. The lowest BCUT2D eigenvalue weighted by molar-refractivity contribution is -0.145. The Morgan fingerprint density at radius 1 is 0.917 bits per heavy atom. The number of benzene rings is 3. The van der Waals surface area contributed by atoms with Gasteiger partial charge >= 0.3 is 5.97 Å². The molecule has 2 amide bonds. The van der Waals surface area contributed by atoms with Gasteiger partial charge in [0, 0.05) is 5.02 Å². The number of amides is 2. The van der Waals surface area contributed by atoms with Gasteiger partial charge in [-0.15, -0.1) is 0 Å². The van der Waals surface area contributed by atoms with Crippen LogP contribution in [0.3, 0.4) is 0 Å². The number of carbonyl (C=O) groups is 3. The van der Waals surface area contributed by atoms with Crippen molar-refractivity contribution in [2.45, 2.75) is 11.6 Å². The minimum absolute atomic E-state index is 0.0703. The molecule has 0 saturated carbocycles. The highest BCUT2D eigenvalue weighted by atomic mass is 35.5. The average molecular weight is 531 g/mol. The summed E-state index contributed by atoms with van der Waals surface area (Å²) < 4.78 is 32.7. The second-order valence-electron chi connectivity index (χ2n) is 8.58. The maximum Gasteiger partial charge on any atom is 0.323 e. The molecule has 2 aliphatic heterocycles. The van der Waals surface area contributed by atoms with Crippen molar-refractivity contribution in [3.63, 3.8) is 0 Å². The van der Waals surface area contributed by atoms with Gasteiger partial charge in [-0.3, -0.25) is 19.7 Å². The number of esters is 1. The number of ether oxygens (including phenoxy) is 1. The van der Waals surface area contributed by atoms with Crippen LogP contribution in [0.2, 0.25) is 10.0 Å². The first-order valence-electron chi connectivity index (χ1n) is 10.9. The number of halogens is 4. The molecule has 0 radical (unpaired) electrons. The summed E-state index contributed by atoms with van der Waals surface area (Å²) in [4.78, 5) is 41.7. The van der Waals surface area contributed by atoms with Crippen molar-refractivity contribution in [1.29, 1.82) is 0 Å². The van der Waals surface area contributed by atoms with Crippen molar-refractivity contribution in [1.82, 2.24) is 5.32 Å². The number of anilines is 1. The topological polar surface area (TPSA) is 75.7 Å². The summed E-state index contributed by atoms with van der Waals surface area (Å²) in [6.07, 6.45) is 0. The van der Waals surface area contributed by atoms with E-state index in [1.165, 1.54) is 73.8 Å². The van der Waals surface area contributed by atoms with Gasteiger partial charge in [0.15, 0.2) is 0 Å². The Balaban J connectivity index is 1.76. The Bertz CT molecular complexity index is 1340. The molecule has 5 rings (SSSR count). The molecule has 6 nitrogen and oxygen atoms in total. The van der Waals surface area contributed by atoms with Crippen LogP contribution in [0.15, 0.2) is 66.7 Å². The van der Waals surface area contributed by atoms with E-state index in [2.05, 4.69) is 5.32 Å². The lowest BCUT2D eigenvalue weighted by Gasteiger charge is -2.36. The molecule has 0 spiro atoms. The van der Waals surface area contributed by atoms with Crippen molar-refractivity contribution in [2.24, 2.45) is 11.8 Å². The first-order chi connectivity index (χ1) is 17.2. The van der Waals surface area contributed by atoms with E-state index in [1.54, 1.807) is 0 Å². The van der Waals surface area contributed by atoms with Crippen LogP contribution in [0.1, 0.15) is 11.1 Å². The fourth-order valence-corrected chi connectivity index (χ4v) is 5.75. The fraction of sp³-hybridized carbons (Fsp3) is 0.192. The van der Waals surface area contributed by atoms with E-state index >= 15 is 0 Å². The van der Waals surface area contributed by atoms with E-state index in [4.69, 9.17) is 27.9 Å². The number of methoxy groups -OCH3 is 1. The molecule has 3 aromatic rings. The van der Waals surface area contributed by atoms with Gasteiger partial charge in [0.2, 0.25) is 11.8 Å². The smallest absolute Gasteiger partial charge is 0.323 e. The number of hydrogen-bond donors (Lipinski definition) is 1. The van der Waals surface area contributed by atoms with Crippen LogP contribution in [-0.2, 0) is 24.7 Å². The minimum Gasteiger partial charge on any atom is -0.468 e. The van der Waals surface area contributed by atoms with Crippen LogP contribution in [0.25, 0.3) is 0 Å². The maximum absolute atomic E-state index is 14.1. The number of carbonyl (C=O) groups excluding carboxylic acids is 3. The molecular formula is C26H18Cl2F2N2O4. The summed E-state index contributed by atoms with van der Waals surface area (Å²) in [6, 6.07) is 13.7. The summed E-state index contributed by atoms with van der Waals surface area (Å²) in [5.41, 5.74) is -0.573. The summed E-state index contributed by atoms with van der Waals surface area (Å²) in [7, 11) is 1.17. The number of nitrogens with zero attached hydrogens (tertiary/aromatic N) is 1. The Hall–Kier alpha value is -3.33. The Labute approximate surface area is 214 Å². The van der Waals surface area contributed by atoms with Crippen LogP contribution < -0.4 is 10.2 Å². The predicted molar refractivity (Wildman–Crippen MR) is 128 cm³/mol. The van der Waals surface area contributed by atoms with E-state index in [9.17, 15) is 23.2 Å². The van der Waals surface area contributed by atoms with Crippen LogP contribution in [0, 0.1) is 23.5 Å². The Kier molecular flexibility index (Phi) is 6.06. The standard InChI is InChI=1S/C26H18Cl2F2N2O4/c1-36-25(35)22-20-21(24(34)32(23(20)33)19-11-6-15(27)12-18(19)28)26(31-22,13-2-7-16(29)8-3-13)14-4-9-17(30)10-5-14/h2-12,20-22,31H,1H3/t20-,21-,22-/m1/s1. The van der Waals surface area contributed by atoms with Crippen molar-refractivity contribution in [3.05, 3.63) is 99.5 Å². The molecule has 0 unspecified atom stereocenters. The van der Waals surface area contributed by atoms with E-state index in [0.29, 0.717) is 16.1 Å². The first-order valence-corrected chi connectivity index (χ1v) is 11.6. The van der Waals surface area contributed by atoms with Crippen molar-refractivity contribution < 1.29 is 27.9 Å². The van der Waals surface area contributed by atoms with Crippen LogP contribution >= 0.6 is 23.2 Å². The molecule has 0 aromatic heterocycles. The zero-order chi connectivity index (χ0) is 25.8. The maximum atomic E-state index is 14.1. The zero-order valence-corrected chi connectivity index (χ0v) is 20.2. The molecule has 184 valence electrons. The summed E-state index contributed by atoms with van der Waals surface area (Å²) >= 11 is 12.3. The molecule has 3 atom stereocenters.